The number of hydrogen-bond acceptors (Lipinski definition) is 5. The Kier molecular flexibility index (Phi) is 132. The predicted octanol–water partition coefficient (Wildman–Crippen LogP) is -2.16. The second-order valence-electron chi connectivity index (χ2n) is 1.21. The van der Waals surface area contributed by atoms with Gasteiger partial charge in [-0.1, -0.05) is 0 Å². The minimum absolute atomic E-state index is 0. The van der Waals surface area contributed by atoms with Crippen molar-refractivity contribution in [3.05, 3.63) is 0 Å². The molecule has 0 rings (SSSR count). The van der Waals surface area contributed by atoms with Gasteiger partial charge >= 0.3 is 5.97 Å². The first-order valence-corrected chi connectivity index (χ1v) is 3.14. The van der Waals surface area contributed by atoms with Crippen LogP contribution in [-0.4, -0.2) is 59.5 Å². The van der Waals surface area contributed by atoms with E-state index in [0.717, 1.165) is 21.1 Å². The molecule has 0 aromatic rings. The molecule has 0 spiro atoms. The lowest BCUT2D eigenvalue weighted by Crippen LogP contribution is -1.88. The molecular formula is C7H22O8. The molecule has 0 radical (unpaired) electrons. The fraction of sp³-hybridized carbons (Fsp3) is 0.714. The molecule has 0 heterocycles. The molecule has 0 bridgehead atoms. The Hall–Kier alpha value is -1.22. The number of ether oxygens (including phenoxy) is 1. The molecule has 15 heavy (non-hydrogen) atoms. The van der Waals surface area contributed by atoms with Gasteiger partial charge in [-0.3, -0.25) is 9.59 Å². The van der Waals surface area contributed by atoms with Crippen LogP contribution in [0.5, 0.6) is 0 Å². The van der Waals surface area contributed by atoms with Gasteiger partial charge in [-0.05, 0) is 0 Å². The van der Waals surface area contributed by atoms with Crippen molar-refractivity contribution >= 4 is 11.9 Å². The highest BCUT2D eigenvalue weighted by Crippen LogP contribution is 1.60. The van der Waals surface area contributed by atoms with Crippen LogP contribution in [0.4, 0.5) is 0 Å². The summed E-state index contributed by atoms with van der Waals surface area (Å²) < 4.78 is 4.11. The number of aliphatic carboxylic acids is 1. The lowest BCUT2D eigenvalue weighted by atomic mass is 10.8. The van der Waals surface area contributed by atoms with Gasteiger partial charge in [-0.25, -0.2) is 0 Å². The number of rotatable bonds is 0. The summed E-state index contributed by atoms with van der Waals surface area (Å²) in [4.78, 5) is 18.6. The molecule has 0 aromatic carbocycles. The first-order chi connectivity index (χ1) is 6.00. The summed E-state index contributed by atoms with van der Waals surface area (Å²) >= 11 is 0. The molecule has 8 nitrogen and oxygen atoms in total. The zero-order chi connectivity index (χ0) is 11.9. The Morgan fingerprint density at radius 1 is 0.933 bits per heavy atom. The van der Waals surface area contributed by atoms with Crippen LogP contribution in [0.3, 0.4) is 0 Å². The average Bonchev–Trinajstić information content (AvgIpc) is 2.10. The quantitative estimate of drug-likeness (QED) is 0.403. The predicted molar refractivity (Wildman–Crippen MR) is 54.5 cm³/mol. The van der Waals surface area contributed by atoms with E-state index >= 15 is 0 Å². The van der Waals surface area contributed by atoms with Crippen molar-refractivity contribution in [3.63, 3.8) is 0 Å². The summed E-state index contributed by atoms with van der Waals surface area (Å²) in [5.41, 5.74) is 0. The van der Waals surface area contributed by atoms with E-state index in [1.165, 1.54) is 14.0 Å². The highest BCUT2D eigenvalue weighted by Gasteiger charge is 1.75. The third-order valence-electron chi connectivity index (χ3n) is 0.287. The Morgan fingerprint density at radius 3 is 1.00 bits per heavy atom. The molecular weight excluding hydrogens is 212 g/mol. The van der Waals surface area contributed by atoms with Gasteiger partial charge in [0.15, 0.2) is 0 Å². The summed E-state index contributed by atoms with van der Waals surface area (Å²) in [5, 5.41) is 21.4. The van der Waals surface area contributed by atoms with E-state index in [1.54, 1.807) is 0 Å². The first-order valence-electron chi connectivity index (χ1n) is 3.14. The molecule has 0 atom stereocenters. The van der Waals surface area contributed by atoms with Crippen LogP contribution in [-0.2, 0) is 14.3 Å². The minimum atomic E-state index is -0.833. The van der Waals surface area contributed by atoms with Gasteiger partial charge in [0.2, 0.25) is 0 Å². The van der Waals surface area contributed by atoms with Gasteiger partial charge in [0.05, 0.1) is 7.11 Å². The van der Waals surface area contributed by atoms with E-state index in [9.17, 15) is 4.79 Å². The first kappa shape index (κ1) is 37.2. The molecule has 0 aliphatic rings. The molecule has 0 aliphatic heterocycles. The van der Waals surface area contributed by atoms with Gasteiger partial charge in [0.1, 0.15) is 0 Å². The number of carboxylic acids is 1. The number of aliphatic hydroxyl groups excluding tert-OH is 2. The van der Waals surface area contributed by atoms with Crippen molar-refractivity contribution < 1.29 is 40.6 Å². The Balaban J connectivity index is -0.0000000186. The summed E-state index contributed by atoms with van der Waals surface area (Å²) in [7, 11) is 3.35. The van der Waals surface area contributed by atoms with E-state index < -0.39 is 5.97 Å². The lowest BCUT2D eigenvalue weighted by molar-refractivity contribution is -0.138. The van der Waals surface area contributed by atoms with Gasteiger partial charge in [-0.15, -0.1) is 0 Å². The van der Waals surface area contributed by atoms with E-state index in [4.69, 9.17) is 20.1 Å². The fourth-order valence-electron chi connectivity index (χ4n) is 0. The molecule has 8 heteroatoms. The second kappa shape index (κ2) is 53.1. The van der Waals surface area contributed by atoms with Gasteiger partial charge in [0.25, 0.3) is 5.97 Å². The number of carboxylic acid groups (broad SMARTS) is 1. The van der Waals surface area contributed by atoms with Crippen LogP contribution in [0, 0.1) is 0 Å². The summed E-state index contributed by atoms with van der Waals surface area (Å²) in [6.07, 6.45) is 0. The number of carbonyl (C=O) groups excluding carboxylic acids is 1. The zero-order valence-corrected chi connectivity index (χ0v) is 9.57. The van der Waals surface area contributed by atoms with E-state index in [-0.39, 0.29) is 16.9 Å². The van der Waals surface area contributed by atoms with Gasteiger partial charge < -0.3 is 31.0 Å². The maximum Gasteiger partial charge on any atom is 0.302 e. The molecule has 0 unspecified atom stereocenters. The van der Waals surface area contributed by atoms with Crippen molar-refractivity contribution in [3.8, 4) is 0 Å². The van der Waals surface area contributed by atoms with Crippen molar-refractivity contribution in [1.29, 1.82) is 0 Å². The van der Waals surface area contributed by atoms with Crippen molar-refractivity contribution in [1.82, 2.24) is 0 Å². The van der Waals surface area contributed by atoms with Crippen LogP contribution in [0.25, 0.3) is 0 Å². The Morgan fingerprint density at radius 2 is 1.00 bits per heavy atom. The van der Waals surface area contributed by atoms with Crippen LogP contribution in [0.2, 0.25) is 0 Å². The normalized spacial score (nSPS) is 4.73. The van der Waals surface area contributed by atoms with E-state index in [2.05, 4.69) is 4.74 Å². The largest absolute Gasteiger partial charge is 0.481 e. The minimum Gasteiger partial charge on any atom is -0.481 e. The summed E-state index contributed by atoms with van der Waals surface area (Å²) in [6.45, 7) is 2.44. The maximum atomic E-state index is 9.59. The smallest absolute Gasteiger partial charge is 0.302 e. The third-order valence-corrected chi connectivity index (χ3v) is 0.287. The Labute approximate surface area is 88.7 Å². The summed E-state index contributed by atoms with van der Waals surface area (Å²) in [5.74, 6) is -1.08. The third kappa shape index (κ3) is 2440. The highest BCUT2D eigenvalue weighted by molar-refractivity contribution is 5.65. The number of methoxy groups -OCH3 is 1. The molecule has 0 fully saturated rings. The fourth-order valence-corrected chi connectivity index (χ4v) is 0. The maximum absolute atomic E-state index is 9.59. The molecule has 0 aliphatic carbocycles. The summed E-state index contributed by atoms with van der Waals surface area (Å²) in [6, 6.07) is 0. The molecule has 0 saturated carbocycles. The average molecular weight is 234 g/mol. The van der Waals surface area contributed by atoms with Crippen molar-refractivity contribution in [2.75, 3.05) is 21.3 Å². The molecule has 0 amide bonds. The Bertz CT molecular complexity index is 99.2. The van der Waals surface area contributed by atoms with Crippen molar-refractivity contribution in [2.45, 2.75) is 13.8 Å². The van der Waals surface area contributed by atoms with Crippen LogP contribution >= 0.6 is 0 Å². The molecule has 0 saturated heterocycles. The number of aliphatic hydroxyl groups is 2. The molecule has 0 aromatic heterocycles. The van der Waals surface area contributed by atoms with Gasteiger partial charge in [0, 0.05) is 28.1 Å². The van der Waals surface area contributed by atoms with E-state index in [0.29, 0.717) is 0 Å². The van der Waals surface area contributed by atoms with E-state index in [1.807, 2.05) is 0 Å². The number of esters is 1. The lowest BCUT2D eigenvalue weighted by Gasteiger charge is -1.80. The van der Waals surface area contributed by atoms with Crippen LogP contribution < -0.4 is 0 Å². The SMILES string of the molecule is CC(=O)O.CO.CO.COC(C)=O.O.O. The van der Waals surface area contributed by atoms with Crippen LogP contribution in [0.1, 0.15) is 13.8 Å². The number of carbonyl (C=O) groups is 2. The van der Waals surface area contributed by atoms with Crippen molar-refractivity contribution in [2.24, 2.45) is 0 Å². The van der Waals surface area contributed by atoms with Gasteiger partial charge in [-0.2, -0.15) is 0 Å². The highest BCUT2D eigenvalue weighted by atomic mass is 16.5. The standard InChI is InChI=1S/C3H6O2.C2H4O2.2CH4O.2H2O/c1-3(4)5-2;1-2(3)4;2*1-2;;/h1-2H3;1H3,(H,3,4);2*2H,1H3;2*1H2. The second-order valence-corrected chi connectivity index (χ2v) is 1.21. The topological polar surface area (TPSA) is 167 Å². The monoisotopic (exact) mass is 234 g/mol. The number of hydrogen-bond donors (Lipinski definition) is 3. The van der Waals surface area contributed by atoms with Crippen LogP contribution in [0.15, 0.2) is 0 Å². The molecule has 98 valence electrons. The molecule has 7 N–H and O–H groups in total. The zero-order valence-electron chi connectivity index (χ0n) is 9.57.